The smallest absolute Gasteiger partial charge is 0.318 e. The molecule has 1 fully saturated rings. The number of benzene rings is 2. The number of Topliss-reactive ketones (excluding diaryl/α,β-unsaturated/α-hetero) is 1. The average molecular weight is 500 g/mol. The number of carbonyl (C=O) groups excluding carboxylic acids is 3. The van der Waals surface area contributed by atoms with Gasteiger partial charge in [0.25, 0.3) is 11.7 Å². The molecule has 2 aromatic carbocycles. The second kappa shape index (κ2) is 10.2. The van der Waals surface area contributed by atoms with Gasteiger partial charge in [-0.1, -0.05) is 23.7 Å². The van der Waals surface area contributed by atoms with Gasteiger partial charge in [-0.25, -0.2) is 9.45 Å². The normalized spacial score (nSPS) is 14.4. The first-order valence-electron chi connectivity index (χ1n) is 11.4. The Balaban J connectivity index is 1.53. The van der Waals surface area contributed by atoms with Crippen LogP contribution in [0.4, 0.5) is 4.39 Å². The summed E-state index contributed by atoms with van der Waals surface area (Å²) in [4.78, 5) is 45.1. The van der Waals surface area contributed by atoms with Gasteiger partial charge >= 0.3 is 5.91 Å². The number of fused-ring (bicyclic) bond motifs is 1. The molecule has 0 atom stereocenters. The molecule has 1 aliphatic rings. The summed E-state index contributed by atoms with van der Waals surface area (Å²) in [6.07, 6.45) is 4.06. The summed E-state index contributed by atoms with van der Waals surface area (Å²) >= 11 is 6.49. The Kier molecular flexibility index (Phi) is 7.23. The SMILES string of the molecule is CON(C)C(=O)C(=O)c1cn(C)c2cc(Cl)c(C(=O)N3CCC(Cc4ccc(F)cc4)CC3)cc12. The van der Waals surface area contributed by atoms with Crippen LogP contribution in [0.2, 0.25) is 5.02 Å². The number of halogens is 2. The quantitative estimate of drug-likeness (QED) is 0.288. The van der Waals surface area contributed by atoms with E-state index in [0.29, 0.717) is 35.5 Å². The minimum absolute atomic E-state index is 0.181. The molecule has 0 radical (unpaired) electrons. The van der Waals surface area contributed by atoms with Gasteiger partial charge in [0.1, 0.15) is 5.82 Å². The molecule has 0 N–H and O–H groups in total. The van der Waals surface area contributed by atoms with E-state index in [2.05, 4.69) is 0 Å². The lowest BCUT2D eigenvalue weighted by Crippen LogP contribution is -2.39. The fraction of sp³-hybridized carbons (Fsp3) is 0.346. The number of amides is 2. The largest absolute Gasteiger partial charge is 0.350 e. The number of hydroxylamine groups is 2. The van der Waals surface area contributed by atoms with Crippen LogP contribution in [0.1, 0.15) is 39.1 Å². The number of hydrogen-bond acceptors (Lipinski definition) is 4. The first kappa shape index (κ1) is 24.9. The summed E-state index contributed by atoms with van der Waals surface area (Å²) in [6.45, 7) is 1.16. The van der Waals surface area contributed by atoms with Crippen LogP contribution < -0.4 is 0 Å². The maximum atomic E-state index is 13.4. The van der Waals surface area contributed by atoms with Crippen LogP contribution in [0, 0.1) is 11.7 Å². The molecule has 9 heteroatoms. The first-order chi connectivity index (χ1) is 16.7. The van der Waals surface area contributed by atoms with Gasteiger partial charge in [-0.05, 0) is 55.0 Å². The highest BCUT2D eigenvalue weighted by Crippen LogP contribution is 2.31. The molecular weight excluding hydrogens is 473 g/mol. The maximum absolute atomic E-state index is 13.4. The van der Waals surface area contributed by atoms with E-state index < -0.39 is 11.7 Å². The maximum Gasteiger partial charge on any atom is 0.318 e. The number of piperidine rings is 1. The summed E-state index contributed by atoms with van der Waals surface area (Å²) in [5.74, 6) is -1.60. The Morgan fingerprint density at radius 1 is 1.11 bits per heavy atom. The van der Waals surface area contributed by atoms with Crippen molar-refractivity contribution in [1.29, 1.82) is 0 Å². The molecule has 0 unspecified atom stereocenters. The number of hydrogen-bond donors (Lipinski definition) is 0. The first-order valence-corrected chi connectivity index (χ1v) is 11.8. The molecule has 0 spiro atoms. The number of ketones is 1. The van der Waals surface area contributed by atoms with E-state index >= 15 is 0 Å². The Hall–Kier alpha value is -3.23. The molecule has 0 aliphatic carbocycles. The Bertz CT molecular complexity index is 1280. The van der Waals surface area contributed by atoms with Gasteiger partial charge in [-0.15, -0.1) is 0 Å². The van der Waals surface area contributed by atoms with Crippen molar-refractivity contribution in [2.75, 3.05) is 27.2 Å². The van der Waals surface area contributed by atoms with Crippen LogP contribution in [0.25, 0.3) is 10.9 Å². The van der Waals surface area contributed by atoms with Crippen molar-refractivity contribution < 1.29 is 23.6 Å². The van der Waals surface area contributed by atoms with Crippen molar-refractivity contribution in [1.82, 2.24) is 14.5 Å². The Morgan fingerprint density at radius 2 is 1.77 bits per heavy atom. The highest BCUT2D eigenvalue weighted by molar-refractivity contribution is 6.45. The number of likely N-dealkylation sites (N-methyl/N-ethyl adjacent to an activating group) is 1. The van der Waals surface area contributed by atoms with Crippen LogP contribution >= 0.6 is 11.6 Å². The van der Waals surface area contributed by atoms with Crippen molar-refractivity contribution in [2.45, 2.75) is 19.3 Å². The number of rotatable bonds is 6. The zero-order chi connectivity index (χ0) is 25.3. The molecule has 4 rings (SSSR count). The van der Waals surface area contributed by atoms with Gasteiger partial charge in [-0.2, -0.15) is 0 Å². The van der Waals surface area contributed by atoms with Crippen LogP contribution in [-0.2, 0) is 23.1 Å². The van der Waals surface area contributed by atoms with Crippen molar-refractivity contribution >= 4 is 40.1 Å². The van der Waals surface area contributed by atoms with Crippen LogP contribution in [-0.4, -0.2) is 59.4 Å². The predicted octanol–water partition coefficient (Wildman–Crippen LogP) is 4.27. The lowest BCUT2D eigenvalue weighted by Gasteiger charge is -2.32. The van der Waals surface area contributed by atoms with Crippen LogP contribution in [0.15, 0.2) is 42.6 Å². The van der Waals surface area contributed by atoms with Gasteiger partial charge in [0.05, 0.1) is 28.8 Å². The predicted molar refractivity (Wildman–Crippen MR) is 131 cm³/mol. The number of likely N-dealkylation sites (tertiary alicyclic amines) is 1. The average Bonchev–Trinajstić information content (AvgIpc) is 3.18. The molecule has 7 nitrogen and oxygen atoms in total. The lowest BCUT2D eigenvalue weighted by molar-refractivity contribution is -0.162. The summed E-state index contributed by atoms with van der Waals surface area (Å²) in [5, 5.41) is 1.63. The highest BCUT2D eigenvalue weighted by atomic mass is 35.5. The fourth-order valence-corrected chi connectivity index (χ4v) is 4.79. The minimum atomic E-state index is -0.814. The molecule has 184 valence electrons. The third kappa shape index (κ3) is 5.09. The Labute approximate surface area is 208 Å². The van der Waals surface area contributed by atoms with Crippen LogP contribution in [0.5, 0.6) is 0 Å². The van der Waals surface area contributed by atoms with Gasteiger partial charge in [0, 0.05) is 38.8 Å². The van der Waals surface area contributed by atoms with E-state index in [4.69, 9.17) is 16.4 Å². The topological polar surface area (TPSA) is 71.8 Å². The molecule has 0 saturated carbocycles. The lowest BCUT2D eigenvalue weighted by atomic mass is 9.90. The third-order valence-electron chi connectivity index (χ3n) is 6.65. The van der Waals surface area contributed by atoms with Gasteiger partial charge in [0.15, 0.2) is 0 Å². The van der Waals surface area contributed by atoms with Crippen molar-refractivity contribution in [3.8, 4) is 0 Å². The van der Waals surface area contributed by atoms with E-state index in [0.717, 1.165) is 29.9 Å². The molecule has 1 aliphatic heterocycles. The van der Waals surface area contributed by atoms with E-state index in [9.17, 15) is 18.8 Å². The molecule has 35 heavy (non-hydrogen) atoms. The fourth-order valence-electron chi connectivity index (χ4n) is 4.55. The summed E-state index contributed by atoms with van der Waals surface area (Å²) in [7, 11) is 4.40. The zero-order valence-corrected chi connectivity index (χ0v) is 20.6. The molecule has 1 aromatic heterocycles. The van der Waals surface area contributed by atoms with Gasteiger partial charge < -0.3 is 9.47 Å². The highest BCUT2D eigenvalue weighted by Gasteiger charge is 2.28. The zero-order valence-electron chi connectivity index (χ0n) is 19.9. The molecule has 3 aromatic rings. The monoisotopic (exact) mass is 499 g/mol. The molecule has 2 heterocycles. The Morgan fingerprint density at radius 3 is 2.40 bits per heavy atom. The van der Waals surface area contributed by atoms with E-state index in [1.54, 1.807) is 47.0 Å². The second-order valence-electron chi connectivity index (χ2n) is 8.88. The van der Waals surface area contributed by atoms with E-state index in [-0.39, 0.29) is 22.3 Å². The molecule has 1 saturated heterocycles. The molecular formula is C26H27ClFN3O4. The summed E-state index contributed by atoms with van der Waals surface area (Å²) < 4.78 is 14.9. The number of nitrogens with zero attached hydrogens (tertiary/aromatic N) is 3. The van der Waals surface area contributed by atoms with Crippen LogP contribution in [0.3, 0.4) is 0 Å². The van der Waals surface area contributed by atoms with Gasteiger partial charge in [0.2, 0.25) is 0 Å². The standard InChI is InChI=1S/C26H27ClFN3O4/c1-29-15-21(24(32)26(34)30(2)35-3)19-13-20(22(27)14-23(19)29)25(33)31-10-8-17(9-11-31)12-16-4-6-18(28)7-5-16/h4-7,13-15,17H,8-12H2,1-3H3. The summed E-state index contributed by atoms with van der Waals surface area (Å²) in [5.41, 5.74) is 2.20. The molecule has 0 bridgehead atoms. The number of aryl methyl sites for hydroxylation is 1. The molecule has 2 amide bonds. The third-order valence-corrected chi connectivity index (χ3v) is 6.96. The van der Waals surface area contributed by atoms with E-state index in [1.807, 2.05) is 0 Å². The van der Waals surface area contributed by atoms with Crippen molar-refractivity contribution in [3.63, 3.8) is 0 Å². The van der Waals surface area contributed by atoms with E-state index in [1.165, 1.54) is 26.3 Å². The summed E-state index contributed by atoms with van der Waals surface area (Å²) in [6, 6.07) is 9.78. The number of aromatic nitrogens is 1. The minimum Gasteiger partial charge on any atom is -0.350 e. The van der Waals surface area contributed by atoms with Gasteiger partial charge in [-0.3, -0.25) is 19.2 Å². The number of carbonyl (C=O) groups is 3. The van der Waals surface area contributed by atoms with Crippen molar-refractivity contribution in [2.24, 2.45) is 13.0 Å². The van der Waals surface area contributed by atoms with Crippen molar-refractivity contribution in [3.05, 3.63) is 70.1 Å². The second-order valence-corrected chi connectivity index (χ2v) is 9.29.